The van der Waals surface area contributed by atoms with E-state index < -0.39 is 0 Å². The summed E-state index contributed by atoms with van der Waals surface area (Å²) >= 11 is 5.19. The van der Waals surface area contributed by atoms with E-state index in [0.29, 0.717) is 6.42 Å². The highest BCUT2D eigenvalue weighted by molar-refractivity contribution is 6.17. The Balaban J connectivity index is 0.000000508. The van der Waals surface area contributed by atoms with Crippen LogP contribution < -0.4 is 0 Å². The number of carbonyl (C=O) groups excluding carboxylic acids is 2. The normalized spacial score (nSPS) is 11.5. The molecule has 1 unspecified atom stereocenters. The molecule has 0 aliphatic carbocycles. The molecular formula is C21H34ClNO3. The van der Waals surface area contributed by atoms with Gasteiger partial charge >= 0.3 is 5.97 Å². The molecule has 5 heteroatoms. The number of halogens is 1. The van der Waals surface area contributed by atoms with Gasteiger partial charge < -0.3 is 4.74 Å². The summed E-state index contributed by atoms with van der Waals surface area (Å²) in [6, 6.07) is 9.45. The van der Waals surface area contributed by atoms with Crippen molar-refractivity contribution in [3.05, 3.63) is 35.9 Å². The van der Waals surface area contributed by atoms with Gasteiger partial charge in [0.1, 0.15) is 0 Å². The van der Waals surface area contributed by atoms with Crippen LogP contribution in [0.3, 0.4) is 0 Å². The van der Waals surface area contributed by atoms with Gasteiger partial charge in [-0.1, -0.05) is 82.0 Å². The first kappa shape index (κ1) is 24.6. The lowest BCUT2D eigenvalue weighted by atomic mass is 10.0. The molecule has 0 heterocycles. The standard InChI is InChI=1S/C13H19NO.C8H15ClO2/c1-4-14(5-2)11(3)13(15)12-9-7-6-8-10-12;1-2-3-4-5-6-8(10)11-7-9/h6-11H,4-5H2,1-3H3;2-7H2,1H3. The summed E-state index contributed by atoms with van der Waals surface area (Å²) in [4.78, 5) is 24.9. The monoisotopic (exact) mass is 383 g/mol. The number of rotatable bonds is 11. The smallest absolute Gasteiger partial charge is 0.306 e. The van der Waals surface area contributed by atoms with Crippen molar-refractivity contribution in [1.82, 2.24) is 4.90 Å². The van der Waals surface area contributed by atoms with Crippen molar-refractivity contribution >= 4 is 23.4 Å². The van der Waals surface area contributed by atoms with Crippen molar-refractivity contribution in [3.63, 3.8) is 0 Å². The number of Topliss-reactive ketones (excluding diaryl/α,β-unsaturated/α-hetero) is 1. The molecule has 1 rings (SSSR count). The maximum Gasteiger partial charge on any atom is 0.306 e. The van der Waals surface area contributed by atoms with E-state index in [9.17, 15) is 9.59 Å². The molecular weight excluding hydrogens is 350 g/mol. The minimum atomic E-state index is -0.184. The number of nitrogens with zero attached hydrogens (tertiary/aromatic N) is 1. The van der Waals surface area contributed by atoms with Crippen molar-refractivity contribution in [2.45, 2.75) is 65.8 Å². The molecule has 0 saturated heterocycles. The van der Waals surface area contributed by atoms with Crippen LogP contribution in [-0.2, 0) is 9.53 Å². The quantitative estimate of drug-likeness (QED) is 0.225. The highest BCUT2D eigenvalue weighted by Crippen LogP contribution is 2.08. The number of esters is 1. The number of hydrogen-bond donors (Lipinski definition) is 0. The van der Waals surface area contributed by atoms with Crippen LogP contribution in [0.15, 0.2) is 30.3 Å². The van der Waals surface area contributed by atoms with Crippen LogP contribution in [0.4, 0.5) is 0 Å². The van der Waals surface area contributed by atoms with E-state index >= 15 is 0 Å². The van der Waals surface area contributed by atoms with Crippen LogP contribution >= 0.6 is 11.6 Å². The molecule has 0 aliphatic heterocycles. The zero-order valence-corrected chi connectivity index (χ0v) is 17.4. The zero-order valence-electron chi connectivity index (χ0n) is 16.7. The molecule has 0 bridgehead atoms. The lowest BCUT2D eigenvalue weighted by molar-refractivity contribution is -0.141. The van der Waals surface area contributed by atoms with E-state index in [4.69, 9.17) is 11.6 Å². The van der Waals surface area contributed by atoms with Gasteiger partial charge in [-0.3, -0.25) is 14.5 Å². The third-order valence-corrected chi connectivity index (χ3v) is 4.36. The van der Waals surface area contributed by atoms with E-state index in [1.807, 2.05) is 37.3 Å². The number of ether oxygens (including phenoxy) is 1. The summed E-state index contributed by atoms with van der Waals surface area (Å²) in [5.41, 5.74) is 0.803. The number of likely N-dealkylation sites (N-methyl/N-ethyl adjacent to an activating group) is 1. The Morgan fingerprint density at radius 3 is 2.15 bits per heavy atom. The maximum absolute atomic E-state index is 12.1. The van der Waals surface area contributed by atoms with E-state index in [0.717, 1.165) is 31.5 Å². The van der Waals surface area contributed by atoms with Gasteiger partial charge in [0.2, 0.25) is 0 Å². The highest BCUT2D eigenvalue weighted by Gasteiger charge is 2.19. The van der Waals surface area contributed by atoms with E-state index in [1.165, 1.54) is 12.8 Å². The minimum absolute atomic E-state index is 0.0212. The number of ketones is 1. The summed E-state index contributed by atoms with van der Waals surface area (Å²) in [6.45, 7) is 10.1. The van der Waals surface area contributed by atoms with Gasteiger partial charge in [-0.25, -0.2) is 0 Å². The number of hydrogen-bond acceptors (Lipinski definition) is 4. The summed E-state index contributed by atoms with van der Waals surface area (Å²) in [5.74, 6) is 0.0235. The van der Waals surface area contributed by atoms with E-state index in [1.54, 1.807) is 0 Å². The molecule has 0 aliphatic rings. The molecule has 26 heavy (non-hydrogen) atoms. The van der Waals surface area contributed by atoms with Crippen LogP contribution in [0.5, 0.6) is 0 Å². The van der Waals surface area contributed by atoms with E-state index in [-0.39, 0.29) is 23.9 Å². The summed E-state index contributed by atoms with van der Waals surface area (Å²) in [6.07, 6.45) is 4.91. The van der Waals surface area contributed by atoms with Crippen LogP contribution in [0.25, 0.3) is 0 Å². The fourth-order valence-corrected chi connectivity index (χ4v) is 2.73. The van der Waals surface area contributed by atoms with Gasteiger partial charge in [0.15, 0.2) is 11.8 Å². The third-order valence-electron chi connectivity index (χ3n) is 4.25. The first-order valence-corrected chi connectivity index (χ1v) is 10.1. The third kappa shape index (κ3) is 10.6. The summed E-state index contributed by atoms with van der Waals surface area (Å²) < 4.78 is 4.55. The fraction of sp³-hybridized carbons (Fsp3) is 0.619. The lowest BCUT2D eigenvalue weighted by Gasteiger charge is -2.25. The Labute approximate surface area is 163 Å². The van der Waals surface area contributed by atoms with Crippen molar-refractivity contribution in [2.75, 3.05) is 19.2 Å². The number of unbranched alkanes of at least 4 members (excludes halogenated alkanes) is 3. The Bertz CT molecular complexity index is 489. The average Bonchev–Trinajstić information content (AvgIpc) is 2.67. The Hall–Kier alpha value is -1.39. The van der Waals surface area contributed by atoms with Crippen molar-refractivity contribution in [1.29, 1.82) is 0 Å². The second kappa shape index (κ2) is 15.8. The number of benzene rings is 1. The number of carbonyl (C=O) groups is 2. The second-order valence-corrected chi connectivity index (χ2v) is 6.28. The maximum atomic E-state index is 12.1. The minimum Gasteiger partial charge on any atom is -0.449 e. The molecule has 0 N–H and O–H groups in total. The molecule has 0 amide bonds. The highest BCUT2D eigenvalue weighted by atomic mass is 35.5. The molecule has 0 aromatic heterocycles. The fourth-order valence-electron chi connectivity index (χ4n) is 2.61. The Morgan fingerprint density at radius 1 is 1.04 bits per heavy atom. The predicted octanol–water partition coefficient (Wildman–Crippen LogP) is 5.30. The molecule has 0 spiro atoms. The van der Waals surface area contributed by atoms with Gasteiger partial charge in [0.05, 0.1) is 6.04 Å². The zero-order chi connectivity index (χ0) is 19.8. The van der Waals surface area contributed by atoms with Crippen molar-refractivity contribution in [2.24, 2.45) is 0 Å². The van der Waals surface area contributed by atoms with Crippen LogP contribution in [0.2, 0.25) is 0 Å². The molecule has 0 radical (unpaired) electrons. The Morgan fingerprint density at radius 2 is 1.65 bits per heavy atom. The molecule has 1 aromatic carbocycles. The van der Waals surface area contributed by atoms with Gasteiger partial charge in [-0.05, 0) is 26.4 Å². The molecule has 0 fully saturated rings. The van der Waals surface area contributed by atoms with E-state index in [2.05, 4.69) is 30.4 Å². The van der Waals surface area contributed by atoms with Crippen LogP contribution in [-0.4, -0.2) is 41.8 Å². The first-order chi connectivity index (χ1) is 12.5. The first-order valence-electron chi connectivity index (χ1n) is 9.56. The largest absolute Gasteiger partial charge is 0.449 e. The van der Waals surface area contributed by atoms with Gasteiger partial charge in [0, 0.05) is 12.0 Å². The van der Waals surface area contributed by atoms with Gasteiger partial charge in [-0.15, -0.1) is 0 Å². The summed E-state index contributed by atoms with van der Waals surface area (Å²) in [5, 5.41) is 0. The number of alkyl halides is 1. The average molecular weight is 384 g/mol. The molecule has 0 saturated carbocycles. The molecule has 1 aromatic rings. The van der Waals surface area contributed by atoms with Crippen molar-refractivity contribution < 1.29 is 14.3 Å². The van der Waals surface area contributed by atoms with Gasteiger partial charge in [0.25, 0.3) is 0 Å². The summed E-state index contributed by atoms with van der Waals surface area (Å²) in [7, 11) is 0. The molecule has 1 atom stereocenters. The van der Waals surface area contributed by atoms with Crippen molar-refractivity contribution in [3.8, 4) is 0 Å². The lowest BCUT2D eigenvalue weighted by Crippen LogP contribution is -2.38. The topological polar surface area (TPSA) is 46.6 Å². The predicted molar refractivity (Wildman–Crippen MR) is 109 cm³/mol. The van der Waals surface area contributed by atoms with Crippen LogP contribution in [0.1, 0.15) is 70.2 Å². The Kier molecular flexibility index (Phi) is 15.0. The molecule has 148 valence electrons. The van der Waals surface area contributed by atoms with Gasteiger partial charge in [-0.2, -0.15) is 0 Å². The molecule has 4 nitrogen and oxygen atoms in total. The van der Waals surface area contributed by atoms with Crippen LogP contribution in [0, 0.1) is 0 Å². The SMILES string of the molecule is CCCCCCC(=O)OCCl.CCN(CC)C(C)C(=O)c1ccccc1. The second-order valence-electron chi connectivity index (χ2n) is 6.06.